The number of nitrogens with one attached hydrogen (secondary N) is 1. The van der Waals surface area contributed by atoms with Crippen LogP contribution >= 0.6 is 11.6 Å². The number of benzene rings is 2. The molecule has 3 nitrogen and oxygen atoms in total. The Morgan fingerprint density at radius 1 is 1.08 bits per heavy atom. The number of hydrogen-bond acceptors (Lipinski definition) is 2. The fourth-order valence-corrected chi connectivity index (χ4v) is 3.12. The first-order chi connectivity index (χ1) is 11.6. The Labute approximate surface area is 147 Å². The van der Waals surface area contributed by atoms with Crippen molar-refractivity contribution in [1.82, 2.24) is 5.43 Å². The van der Waals surface area contributed by atoms with E-state index in [2.05, 4.69) is 28.7 Å². The number of aryl methyl sites for hydroxylation is 2. The van der Waals surface area contributed by atoms with Gasteiger partial charge in [-0.1, -0.05) is 35.9 Å². The maximum absolute atomic E-state index is 12.0. The minimum Gasteiger partial charge on any atom is -0.273 e. The zero-order valence-electron chi connectivity index (χ0n) is 13.8. The third-order valence-electron chi connectivity index (χ3n) is 4.39. The predicted molar refractivity (Wildman–Crippen MR) is 98.6 cm³/mol. The summed E-state index contributed by atoms with van der Waals surface area (Å²) in [7, 11) is 0. The van der Waals surface area contributed by atoms with Gasteiger partial charge in [-0.05, 0) is 73.1 Å². The first kappa shape index (κ1) is 16.7. The van der Waals surface area contributed by atoms with Crippen LogP contribution < -0.4 is 5.43 Å². The van der Waals surface area contributed by atoms with Crippen LogP contribution in [0.5, 0.6) is 0 Å². The average Bonchev–Trinajstić information content (AvgIpc) is 2.61. The molecule has 0 radical (unpaired) electrons. The van der Waals surface area contributed by atoms with Crippen molar-refractivity contribution in [3.63, 3.8) is 0 Å². The summed E-state index contributed by atoms with van der Waals surface area (Å²) in [6, 6.07) is 13.8. The Morgan fingerprint density at radius 2 is 1.79 bits per heavy atom. The molecule has 0 spiro atoms. The lowest BCUT2D eigenvalue weighted by atomic mass is 9.90. The summed E-state index contributed by atoms with van der Waals surface area (Å²) in [5.74, 6) is -0.130. The van der Waals surface area contributed by atoms with Gasteiger partial charge in [0.15, 0.2) is 0 Å². The Hall–Kier alpha value is -2.13. The van der Waals surface area contributed by atoms with Gasteiger partial charge in [-0.3, -0.25) is 4.79 Å². The number of amides is 1. The lowest BCUT2D eigenvalue weighted by Gasteiger charge is -2.16. The third kappa shape index (κ3) is 4.24. The molecule has 1 aliphatic rings. The number of carbonyl (C=O) groups is 1. The molecule has 0 atom stereocenters. The Morgan fingerprint density at radius 3 is 2.54 bits per heavy atom. The number of halogens is 1. The molecule has 0 fully saturated rings. The number of hydrogen-bond donors (Lipinski definition) is 1. The summed E-state index contributed by atoms with van der Waals surface area (Å²) in [5.41, 5.74) is 8.32. The normalized spacial score (nSPS) is 14.2. The Bertz CT molecular complexity index is 766. The molecular formula is C20H21ClN2O. The largest absolute Gasteiger partial charge is 0.273 e. The van der Waals surface area contributed by atoms with Crippen molar-refractivity contribution in [1.29, 1.82) is 0 Å². The van der Waals surface area contributed by atoms with Crippen LogP contribution in [0.25, 0.3) is 0 Å². The predicted octanol–water partition coefficient (Wildman–Crippen LogP) is 4.30. The Kier molecular flexibility index (Phi) is 5.31. The van der Waals surface area contributed by atoms with Crippen molar-refractivity contribution in [2.45, 2.75) is 39.0 Å². The number of fused-ring (bicyclic) bond motifs is 1. The standard InChI is InChI=1S/C20H21ClN2O/c1-14(17-9-8-16-4-2-3-5-18(16)13-17)22-23-20(24)12-15-6-10-19(21)11-7-15/h6-11,13H,2-5,12H2,1H3,(H,23,24). The van der Waals surface area contributed by atoms with Crippen molar-refractivity contribution in [3.8, 4) is 0 Å². The molecule has 2 aromatic carbocycles. The van der Waals surface area contributed by atoms with Crippen LogP contribution in [-0.4, -0.2) is 11.6 Å². The molecule has 124 valence electrons. The fraction of sp³-hybridized carbons (Fsp3) is 0.300. The first-order valence-electron chi connectivity index (χ1n) is 8.31. The van der Waals surface area contributed by atoms with Crippen LogP contribution in [-0.2, 0) is 24.1 Å². The lowest BCUT2D eigenvalue weighted by molar-refractivity contribution is -0.120. The molecule has 0 unspecified atom stereocenters. The molecular weight excluding hydrogens is 320 g/mol. The second kappa shape index (κ2) is 7.63. The van der Waals surface area contributed by atoms with Gasteiger partial charge in [-0.25, -0.2) is 5.43 Å². The summed E-state index contributed by atoms with van der Waals surface area (Å²) >= 11 is 5.85. The quantitative estimate of drug-likeness (QED) is 0.654. The molecule has 0 aromatic heterocycles. The molecule has 0 aliphatic heterocycles. The molecule has 1 aliphatic carbocycles. The van der Waals surface area contributed by atoms with Crippen molar-refractivity contribution >= 4 is 23.2 Å². The third-order valence-corrected chi connectivity index (χ3v) is 4.64. The molecule has 0 heterocycles. The van der Waals surface area contributed by atoms with Crippen molar-refractivity contribution in [2.75, 3.05) is 0 Å². The summed E-state index contributed by atoms with van der Waals surface area (Å²) in [5, 5.41) is 4.92. The maximum atomic E-state index is 12.0. The number of carbonyl (C=O) groups excluding carboxylic acids is 1. The van der Waals surface area contributed by atoms with Crippen molar-refractivity contribution < 1.29 is 4.79 Å². The van der Waals surface area contributed by atoms with Crippen LogP contribution in [0.2, 0.25) is 5.02 Å². The smallest absolute Gasteiger partial charge is 0.244 e. The van der Waals surface area contributed by atoms with Gasteiger partial charge in [0.05, 0.1) is 12.1 Å². The van der Waals surface area contributed by atoms with E-state index in [0.717, 1.165) is 23.3 Å². The highest BCUT2D eigenvalue weighted by Crippen LogP contribution is 2.22. The Balaban J connectivity index is 1.63. The van der Waals surface area contributed by atoms with Crippen LogP contribution in [0.3, 0.4) is 0 Å². The fourth-order valence-electron chi connectivity index (χ4n) is 3.00. The van der Waals surface area contributed by atoms with Gasteiger partial charge in [0.1, 0.15) is 0 Å². The maximum Gasteiger partial charge on any atom is 0.244 e. The summed E-state index contributed by atoms with van der Waals surface area (Å²) in [6.45, 7) is 1.92. The van der Waals surface area contributed by atoms with Gasteiger partial charge in [-0.2, -0.15) is 5.10 Å². The van der Waals surface area contributed by atoms with Crippen molar-refractivity contribution in [2.24, 2.45) is 5.10 Å². The highest BCUT2D eigenvalue weighted by molar-refractivity contribution is 6.30. The van der Waals surface area contributed by atoms with E-state index in [1.54, 1.807) is 12.1 Å². The van der Waals surface area contributed by atoms with Crippen molar-refractivity contribution in [3.05, 3.63) is 69.7 Å². The van der Waals surface area contributed by atoms with E-state index in [-0.39, 0.29) is 12.3 Å². The average molecular weight is 341 g/mol. The van der Waals surface area contributed by atoms with Crippen LogP contribution in [0.1, 0.15) is 42.0 Å². The molecule has 2 aromatic rings. The molecule has 4 heteroatoms. The molecule has 1 amide bonds. The van der Waals surface area contributed by atoms with Gasteiger partial charge in [0.2, 0.25) is 5.91 Å². The van der Waals surface area contributed by atoms with Crippen LogP contribution in [0.15, 0.2) is 47.6 Å². The first-order valence-corrected chi connectivity index (χ1v) is 8.69. The zero-order valence-corrected chi connectivity index (χ0v) is 14.6. The second-order valence-electron chi connectivity index (χ2n) is 6.23. The topological polar surface area (TPSA) is 41.5 Å². The molecule has 1 N–H and O–H groups in total. The zero-order chi connectivity index (χ0) is 16.9. The van der Waals surface area contributed by atoms with E-state index in [0.29, 0.717) is 5.02 Å². The molecule has 0 saturated carbocycles. The van der Waals surface area contributed by atoms with Gasteiger partial charge in [0, 0.05) is 5.02 Å². The SMILES string of the molecule is CC(=NNC(=O)Cc1ccc(Cl)cc1)c1ccc2c(c1)CCCC2. The minimum atomic E-state index is -0.130. The summed E-state index contributed by atoms with van der Waals surface area (Å²) in [4.78, 5) is 12.0. The van der Waals surface area contributed by atoms with E-state index in [1.807, 2.05) is 19.1 Å². The number of hydrazone groups is 1. The second-order valence-corrected chi connectivity index (χ2v) is 6.66. The lowest BCUT2D eigenvalue weighted by Crippen LogP contribution is -2.21. The molecule has 3 rings (SSSR count). The highest BCUT2D eigenvalue weighted by Gasteiger charge is 2.10. The van der Waals surface area contributed by atoms with Crippen LogP contribution in [0, 0.1) is 0 Å². The van der Waals surface area contributed by atoms with Gasteiger partial charge in [0.25, 0.3) is 0 Å². The minimum absolute atomic E-state index is 0.130. The van der Waals surface area contributed by atoms with Crippen LogP contribution in [0.4, 0.5) is 0 Å². The number of rotatable bonds is 4. The van der Waals surface area contributed by atoms with E-state index >= 15 is 0 Å². The van der Waals surface area contributed by atoms with Gasteiger partial charge in [-0.15, -0.1) is 0 Å². The van der Waals surface area contributed by atoms with Gasteiger partial charge < -0.3 is 0 Å². The molecule has 0 bridgehead atoms. The van der Waals surface area contributed by atoms with E-state index in [4.69, 9.17) is 11.6 Å². The summed E-state index contributed by atoms with van der Waals surface area (Å²) < 4.78 is 0. The molecule has 24 heavy (non-hydrogen) atoms. The number of nitrogens with zero attached hydrogens (tertiary/aromatic N) is 1. The highest BCUT2D eigenvalue weighted by atomic mass is 35.5. The summed E-state index contributed by atoms with van der Waals surface area (Å²) in [6.07, 6.45) is 5.13. The molecule has 0 saturated heterocycles. The van der Waals surface area contributed by atoms with E-state index < -0.39 is 0 Å². The van der Waals surface area contributed by atoms with Gasteiger partial charge >= 0.3 is 0 Å². The monoisotopic (exact) mass is 340 g/mol. The van der Waals surface area contributed by atoms with E-state index in [9.17, 15) is 4.79 Å². The van der Waals surface area contributed by atoms with E-state index in [1.165, 1.54) is 30.4 Å².